The van der Waals surface area contributed by atoms with Gasteiger partial charge in [0, 0.05) is 35.4 Å². The zero-order valence-electron chi connectivity index (χ0n) is 18.3. The molecule has 5 nitrogen and oxygen atoms in total. The third kappa shape index (κ3) is 5.05. The highest BCUT2D eigenvalue weighted by atomic mass is 19.4. The summed E-state index contributed by atoms with van der Waals surface area (Å²) in [5, 5.41) is 0.927. The van der Waals surface area contributed by atoms with Gasteiger partial charge in [-0.3, -0.25) is 4.79 Å². The molecular formula is C25H23F3N4O. The Bertz CT molecular complexity index is 1300. The third-order valence-corrected chi connectivity index (χ3v) is 5.71. The van der Waals surface area contributed by atoms with Crippen LogP contribution in [0.1, 0.15) is 27.0 Å². The van der Waals surface area contributed by atoms with Gasteiger partial charge in [0.2, 0.25) is 0 Å². The molecule has 2 aromatic carbocycles. The van der Waals surface area contributed by atoms with Gasteiger partial charge in [-0.2, -0.15) is 13.2 Å². The van der Waals surface area contributed by atoms with Crippen molar-refractivity contribution in [3.63, 3.8) is 0 Å². The smallest absolute Gasteiger partial charge is 0.361 e. The van der Waals surface area contributed by atoms with Crippen LogP contribution in [0.3, 0.4) is 0 Å². The molecule has 2 heterocycles. The number of nitrogens with one attached hydrogen (secondary N) is 1. The van der Waals surface area contributed by atoms with Crippen LogP contribution in [-0.4, -0.2) is 45.0 Å². The van der Waals surface area contributed by atoms with Gasteiger partial charge >= 0.3 is 6.18 Å². The maximum absolute atomic E-state index is 13.4. The highest BCUT2D eigenvalue weighted by Gasteiger charge is 2.34. The van der Waals surface area contributed by atoms with Crippen molar-refractivity contribution in [1.29, 1.82) is 0 Å². The molecule has 0 fully saturated rings. The number of aryl methyl sites for hydroxylation is 2. The van der Waals surface area contributed by atoms with E-state index in [2.05, 4.69) is 15.0 Å². The third-order valence-electron chi connectivity index (χ3n) is 5.71. The first-order valence-electron chi connectivity index (χ1n) is 10.5. The van der Waals surface area contributed by atoms with Gasteiger partial charge in [-0.15, -0.1) is 0 Å². The minimum Gasteiger partial charge on any atom is -0.361 e. The molecule has 0 aliphatic carbocycles. The van der Waals surface area contributed by atoms with E-state index in [0.29, 0.717) is 11.3 Å². The molecule has 8 heteroatoms. The molecule has 33 heavy (non-hydrogen) atoms. The SMILES string of the molecule is Cc1ccc(-c2ncncc2C(=O)N(CCc2c[nH]c3ccccc23)CC(F)(F)F)cc1C. The van der Waals surface area contributed by atoms with Crippen LogP contribution in [-0.2, 0) is 6.42 Å². The molecule has 0 radical (unpaired) electrons. The van der Waals surface area contributed by atoms with Gasteiger partial charge < -0.3 is 9.88 Å². The lowest BCUT2D eigenvalue weighted by Crippen LogP contribution is -2.40. The molecular weight excluding hydrogens is 429 g/mol. The van der Waals surface area contributed by atoms with Crippen molar-refractivity contribution in [2.24, 2.45) is 0 Å². The lowest BCUT2D eigenvalue weighted by Gasteiger charge is -2.24. The van der Waals surface area contributed by atoms with Crippen LogP contribution >= 0.6 is 0 Å². The summed E-state index contributed by atoms with van der Waals surface area (Å²) in [5.74, 6) is -0.749. The van der Waals surface area contributed by atoms with Gasteiger partial charge in [-0.1, -0.05) is 30.3 Å². The number of carbonyl (C=O) groups is 1. The summed E-state index contributed by atoms with van der Waals surface area (Å²) in [6.07, 6.45) is 0.0912. The molecule has 4 rings (SSSR count). The van der Waals surface area contributed by atoms with Crippen molar-refractivity contribution in [3.05, 3.63) is 83.4 Å². The van der Waals surface area contributed by atoms with Crippen LogP contribution < -0.4 is 0 Å². The fourth-order valence-corrected chi connectivity index (χ4v) is 3.84. The van der Waals surface area contributed by atoms with E-state index in [1.165, 1.54) is 12.5 Å². The Morgan fingerprint density at radius 3 is 2.64 bits per heavy atom. The Labute approximate surface area is 189 Å². The zero-order valence-corrected chi connectivity index (χ0v) is 18.3. The summed E-state index contributed by atoms with van der Waals surface area (Å²) in [4.78, 5) is 25.4. The Kier molecular flexibility index (Phi) is 6.18. The molecule has 2 aromatic heterocycles. The summed E-state index contributed by atoms with van der Waals surface area (Å²) in [6, 6.07) is 13.1. The van der Waals surface area contributed by atoms with Crippen LogP contribution in [0.25, 0.3) is 22.2 Å². The van der Waals surface area contributed by atoms with E-state index < -0.39 is 18.6 Å². The molecule has 1 N–H and O–H groups in total. The second-order valence-corrected chi connectivity index (χ2v) is 8.04. The molecule has 4 aromatic rings. The first kappa shape index (κ1) is 22.5. The van der Waals surface area contributed by atoms with E-state index in [-0.39, 0.29) is 18.5 Å². The number of benzene rings is 2. The number of aromatic amines is 1. The molecule has 0 unspecified atom stereocenters. The van der Waals surface area contributed by atoms with Crippen molar-refractivity contribution >= 4 is 16.8 Å². The fourth-order valence-electron chi connectivity index (χ4n) is 3.84. The highest BCUT2D eigenvalue weighted by Crippen LogP contribution is 2.26. The first-order chi connectivity index (χ1) is 15.7. The summed E-state index contributed by atoms with van der Waals surface area (Å²) in [5.41, 5.74) is 4.83. The van der Waals surface area contributed by atoms with Crippen molar-refractivity contribution in [1.82, 2.24) is 19.9 Å². The van der Waals surface area contributed by atoms with Gasteiger partial charge in [0.15, 0.2) is 0 Å². The van der Waals surface area contributed by atoms with Crippen LogP contribution in [0, 0.1) is 13.8 Å². The normalized spacial score (nSPS) is 11.7. The summed E-state index contributed by atoms with van der Waals surface area (Å²) >= 11 is 0. The minimum absolute atomic E-state index is 0.0453. The predicted octanol–water partition coefficient (Wildman–Crippen LogP) is 5.49. The largest absolute Gasteiger partial charge is 0.406 e. The van der Waals surface area contributed by atoms with Gasteiger partial charge in [0.25, 0.3) is 5.91 Å². The predicted molar refractivity (Wildman–Crippen MR) is 121 cm³/mol. The van der Waals surface area contributed by atoms with E-state index in [1.54, 1.807) is 6.20 Å². The molecule has 1 amide bonds. The van der Waals surface area contributed by atoms with Gasteiger partial charge in [0.1, 0.15) is 12.9 Å². The van der Waals surface area contributed by atoms with E-state index in [9.17, 15) is 18.0 Å². The molecule has 0 aliphatic rings. The topological polar surface area (TPSA) is 61.9 Å². The standard InChI is InChI=1S/C25H23F3N4O/c1-16-7-8-18(11-17(16)2)23-21(13-29-15-31-23)24(33)32(14-25(26,27)28)10-9-19-12-30-22-6-4-3-5-20(19)22/h3-8,11-13,15,30H,9-10,14H2,1-2H3. The molecule has 0 saturated heterocycles. The average molecular weight is 452 g/mol. The van der Waals surface area contributed by atoms with Crippen molar-refractivity contribution in [2.75, 3.05) is 13.1 Å². The molecule has 0 bridgehead atoms. The molecule has 0 atom stereocenters. The monoisotopic (exact) mass is 452 g/mol. The van der Waals surface area contributed by atoms with E-state index >= 15 is 0 Å². The molecule has 0 saturated carbocycles. The number of hydrogen-bond donors (Lipinski definition) is 1. The average Bonchev–Trinajstić information content (AvgIpc) is 3.20. The van der Waals surface area contributed by atoms with Crippen molar-refractivity contribution in [3.8, 4) is 11.3 Å². The van der Waals surface area contributed by atoms with Gasteiger partial charge in [-0.25, -0.2) is 9.97 Å². The zero-order chi connectivity index (χ0) is 23.6. The molecule has 0 aliphatic heterocycles. The van der Waals surface area contributed by atoms with Crippen molar-refractivity contribution < 1.29 is 18.0 Å². The maximum Gasteiger partial charge on any atom is 0.406 e. The number of H-pyrrole nitrogens is 1. The van der Waals surface area contributed by atoms with Crippen LogP contribution in [0.2, 0.25) is 0 Å². The lowest BCUT2D eigenvalue weighted by atomic mass is 10.0. The summed E-state index contributed by atoms with van der Waals surface area (Å²) in [6.45, 7) is 2.44. The number of halogens is 3. The highest BCUT2D eigenvalue weighted by molar-refractivity contribution is 5.99. The number of rotatable bonds is 6. The quantitative estimate of drug-likeness (QED) is 0.421. The number of hydrogen-bond acceptors (Lipinski definition) is 3. The van der Waals surface area contributed by atoms with Crippen LogP contribution in [0.15, 0.2) is 61.2 Å². The van der Waals surface area contributed by atoms with E-state index in [4.69, 9.17) is 0 Å². The van der Waals surface area contributed by atoms with E-state index in [0.717, 1.165) is 32.5 Å². The van der Waals surface area contributed by atoms with Crippen LogP contribution in [0.5, 0.6) is 0 Å². The number of fused-ring (bicyclic) bond motifs is 1. The number of alkyl halides is 3. The minimum atomic E-state index is -4.54. The lowest BCUT2D eigenvalue weighted by molar-refractivity contribution is -0.140. The number of aromatic nitrogens is 3. The molecule has 0 spiro atoms. The second-order valence-electron chi connectivity index (χ2n) is 8.04. The summed E-state index contributed by atoms with van der Waals surface area (Å²) in [7, 11) is 0. The first-order valence-corrected chi connectivity index (χ1v) is 10.5. The Morgan fingerprint density at radius 1 is 1.09 bits per heavy atom. The summed E-state index contributed by atoms with van der Waals surface area (Å²) < 4.78 is 40.2. The number of nitrogens with zero attached hydrogens (tertiary/aromatic N) is 3. The Balaban J connectivity index is 1.65. The molecule has 170 valence electrons. The fraction of sp³-hybridized carbons (Fsp3) is 0.240. The Morgan fingerprint density at radius 2 is 1.88 bits per heavy atom. The maximum atomic E-state index is 13.4. The van der Waals surface area contributed by atoms with Crippen LogP contribution in [0.4, 0.5) is 13.2 Å². The van der Waals surface area contributed by atoms with Gasteiger partial charge in [-0.05, 0) is 49.1 Å². The van der Waals surface area contributed by atoms with Crippen molar-refractivity contribution in [2.45, 2.75) is 26.4 Å². The number of carbonyl (C=O) groups excluding carboxylic acids is 1. The number of amides is 1. The number of para-hydroxylation sites is 1. The second kappa shape index (κ2) is 9.05. The van der Waals surface area contributed by atoms with E-state index in [1.807, 2.05) is 56.3 Å². The van der Waals surface area contributed by atoms with Gasteiger partial charge in [0.05, 0.1) is 11.3 Å². The Hall–Kier alpha value is -3.68.